The van der Waals surface area contributed by atoms with Crippen molar-refractivity contribution in [1.29, 1.82) is 0 Å². The van der Waals surface area contributed by atoms with Gasteiger partial charge in [-0.3, -0.25) is 14.4 Å². The number of hydrogen-bond donors (Lipinski definition) is 3. The van der Waals surface area contributed by atoms with Gasteiger partial charge in [0, 0.05) is 11.3 Å². The molecule has 0 spiro atoms. The van der Waals surface area contributed by atoms with Crippen LogP contribution >= 0.6 is 0 Å². The predicted molar refractivity (Wildman–Crippen MR) is 102 cm³/mol. The maximum Gasteiger partial charge on any atom is 0.325 e. The van der Waals surface area contributed by atoms with E-state index in [2.05, 4.69) is 10.6 Å². The first-order chi connectivity index (χ1) is 13.0. The third-order valence-electron chi connectivity index (χ3n) is 4.67. The molecular formula is C21H22N2O4. The summed E-state index contributed by atoms with van der Waals surface area (Å²) in [4.78, 5) is 35.6. The van der Waals surface area contributed by atoms with E-state index in [9.17, 15) is 14.4 Å². The highest BCUT2D eigenvalue weighted by Crippen LogP contribution is 2.43. The van der Waals surface area contributed by atoms with E-state index in [0.717, 1.165) is 18.4 Å². The van der Waals surface area contributed by atoms with Crippen molar-refractivity contribution in [3.8, 4) is 0 Å². The zero-order chi connectivity index (χ0) is 19.4. The van der Waals surface area contributed by atoms with Crippen molar-refractivity contribution in [1.82, 2.24) is 5.32 Å². The molecule has 0 heterocycles. The Morgan fingerprint density at radius 2 is 1.63 bits per heavy atom. The number of rotatable bonds is 7. The average molecular weight is 366 g/mol. The fourth-order valence-electron chi connectivity index (χ4n) is 2.99. The number of benzene rings is 2. The quantitative estimate of drug-likeness (QED) is 0.702. The lowest BCUT2D eigenvalue weighted by atomic mass is 9.93. The van der Waals surface area contributed by atoms with Crippen molar-refractivity contribution >= 4 is 23.5 Å². The summed E-state index contributed by atoms with van der Waals surface area (Å²) in [5.74, 6) is -1.43. The summed E-state index contributed by atoms with van der Waals surface area (Å²) in [6.07, 6.45) is 2.10. The molecule has 6 heteroatoms. The molecule has 1 aliphatic rings. The van der Waals surface area contributed by atoms with E-state index in [1.807, 2.05) is 30.3 Å². The fourth-order valence-corrected chi connectivity index (χ4v) is 2.99. The Balaban J connectivity index is 1.66. The number of carbonyl (C=O) groups excluding carboxylic acids is 2. The molecule has 140 valence electrons. The highest BCUT2D eigenvalue weighted by molar-refractivity contribution is 5.99. The lowest BCUT2D eigenvalue weighted by Gasteiger charge is -2.17. The van der Waals surface area contributed by atoms with Crippen LogP contribution < -0.4 is 10.6 Å². The van der Waals surface area contributed by atoms with Crippen LogP contribution in [0.1, 0.15) is 41.6 Å². The van der Waals surface area contributed by atoms with E-state index in [-0.39, 0.29) is 11.8 Å². The first-order valence-corrected chi connectivity index (χ1v) is 8.95. The van der Waals surface area contributed by atoms with Crippen molar-refractivity contribution in [2.24, 2.45) is 5.92 Å². The van der Waals surface area contributed by atoms with Crippen LogP contribution in [0, 0.1) is 5.92 Å². The molecule has 2 aromatic rings. The van der Waals surface area contributed by atoms with Gasteiger partial charge in [0.25, 0.3) is 5.91 Å². The Morgan fingerprint density at radius 3 is 2.19 bits per heavy atom. The lowest BCUT2D eigenvalue weighted by molar-refractivity contribution is -0.138. The molecule has 2 atom stereocenters. The van der Waals surface area contributed by atoms with Crippen LogP contribution in [-0.4, -0.2) is 28.9 Å². The zero-order valence-corrected chi connectivity index (χ0v) is 15.0. The number of amides is 2. The summed E-state index contributed by atoms with van der Waals surface area (Å²) < 4.78 is 0. The standard InChI is InChI=1S/C21H22N2O4/c1-13(21(26)27)22-19(24)16-9-11-17(12-10-16)23-20(25)18(15-7-8-15)14-5-3-2-4-6-14/h2-6,9-13,15,18H,7-8H2,1H3,(H,22,24)(H,23,25)(H,26,27). The van der Waals surface area contributed by atoms with Crippen LogP contribution in [0.2, 0.25) is 0 Å². The predicted octanol–water partition coefficient (Wildman–Crippen LogP) is 3.02. The van der Waals surface area contributed by atoms with Crippen LogP contribution in [0.4, 0.5) is 5.69 Å². The van der Waals surface area contributed by atoms with Crippen LogP contribution in [0.25, 0.3) is 0 Å². The minimum atomic E-state index is -1.10. The molecular weight excluding hydrogens is 344 g/mol. The molecule has 0 aromatic heterocycles. The van der Waals surface area contributed by atoms with Crippen molar-refractivity contribution in [2.45, 2.75) is 31.7 Å². The van der Waals surface area contributed by atoms with Crippen molar-refractivity contribution < 1.29 is 19.5 Å². The minimum absolute atomic E-state index is 0.0552. The second-order valence-corrected chi connectivity index (χ2v) is 6.83. The zero-order valence-electron chi connectivity index (χ0n) is 15.0. The third kappa shape index (κ3) is 4.73. The van der Waals surface area contributed by atoms with E-state index < -0.39 is 17.9 Å². The molecule has 2 unspecified atom stereocenters. The Kier molecular flexibility index (Phi) is 5.54. The van der Waals surface area contributed by atoms with E-state index in [4.69, 9.17) is 5.11 Å². The normalized spacial score (nSPS) is 15.4. The molecule has 0 radical (unpaired) electrons. The van der Waals surface area contributed by atoms with Gasteiger partial charge in [0.05, 0.1) is 5.92 Å². The molecule has 3 rings (SSSR count). The highest BCUT2D eigenvalue weighted by Gasteiger charge is 2.37. The van der Waals surface area contributed by atoms with Crippen molar-refractivity contribution in [3.63, 3.8) is 0 Å². The largest absolute Gasteiger partial charge is 0.480 e. The SMILES string of the molecule is CC(NC(=O)c1ccc(NC(=O)C(c2ccccc2)C2CC2)cc1)C(=O)O. The smallest absolute Gasteiger partial charge is 0.325 e. The van der Waals surface area contributed by atoms with Gasteiger partial charge in [-0.25, -0.2) is 0 Å². The maximum atomic E-state index is 12.8. The van der Waals surface area contributed by atoms with E-state index in [0.29, 0.717) is 17.2 Å². The number of carboxylic acids is 1. The Bertz CT molecular complexity index is 829. The summed E-state index contributed by atoms with van der Waals surface area (Å²) in [5, 5.41) is 14.2. The summed E-state index contributed by atoms with van der Waals surface area (Å²) in [7, 11) is 0. The molecule has 1 fully saturated rings. The van der Waals surface area contributed by atoms with Gasteiger partial charge < -0.3 is 15.7 Å². The lowest BCUT2D eigenvalue weighted by Crippen LogP contribution is -2.38. The van der Waals surface area contributed by atoms with Gasteiger partial charge in [-0.1, -0.05) is 30.3 Å². The first kappa shape index (κ1) is 18.6. The van der Waals surface area contributed by atoms with Crippen molar-refractivity contribution in [2.75, 3.05) is 5.32 Å². The summed E-state index contributed by atoms with van der Waals surface area (Å²) in [5.41, 5.74) is 1.95. The van der Waals surface area contributed by atoms with Gasteiger partial charge >= 0.3 is 5.97 Å². The average Bonchev–Trinajstić information content (AvgIpc) is 3.48. The van der Waals surface area contributed by atoms with Gasteiger partial charge in [0.1, 0.15) is 6.04 Å². The van der Waals surface area contributed by atoms with E-state index in [1.54, 1.807) is 24.3 Å². The number of carboxylic acid groups (broad SMARTS) is 1. The van der Waals surface area contributed by atoms with Gasteiger partial charge in [-0.2, -0.15) is 0 Å². The molecule has 0 saturated heterocycles. The first-order valence-electron chi connectivity index (χ1n) is 8.95. The van der Waals surface area contributed by atoms with Crippen LogP contribution in [0.3, 0.4) is 0 Å². The Morgan fingerprint density at radius 1 is 1.00 bits per heavy atom. The fraction of sp³-hybridized carbons (Fsp3) is 0.286. The molecule has 0 aliphatic heterocycles. The maximum absolute atomic E-state index is 12.8. The molecule has 2 aromatic carbocycles. The van der Waals surface area contributed by atoms with Crippen LogP contribution in [0.5, 0.6) is 0 Å². The van der Waals surface area contributed by atoms with Gasteiger partial charge in [0.2, 0.25) is 5.91 Å². The monoisotopic (exact) mass is 366 g/mol. The third-order valence-corrected chi connectivity index (χ3v) is 4.67. The summed E-state index contributed by atoms with van der Waals surface area (Å²) in [6.45, 7) is 1.40. The Labute approximate surface area is 157 Å². The molecule has 1 aliphatic carbocycles. The molecule has 1 saturated carbocycles. The van der Waals surface area contributed by atoms with Crippen LogP contribution in [0.15, 0.2) is 54.6 Å². The molecule has 0 bridgehead atoms. The highest BCUT2D eigenvalue weighted by atomic mass is 16.4. The van der Waals surface area contributed by atoms with Crippen LogP contribution in [-0.2, 0) is 9.59 Å². The number of carbonyl (C=O) groups is 3. The van der Waals surface area contributed by atoms with Gasteiger partial charge in [-0.05, 0) is 55.5 Å². The Hall–Kier alpha value is -3.15. The summed E-state index contributed by atoms with van der Waals surface area (Å²) in [6, 6.07) is 15.2. The number of hydrogen-bond acceptors (Lipinski definition) is 3. The van der Waals surface area contributed by atoms with E-state index in [1.165, 1.54) is 6.92 Å². The minimum Gasteiger partial charge on any atom is -0.480 e. The molecule has 2 amide bonds. The second-order valence-electron chi connectivity index (χ2n) is 6.83. The van der Waals surface area contributed by atoms with E-state index >= 15 is 0 Å². The van der Waals surface area contributed by atoms with Gasteiger partial charge in [0.15, 0.2) is 0 Å². The molecule has 27 heavy (non-hydrogen) atoms. The second kappa shape index (κ2) is 8.03. The molecule has 6 nitrogen and oxygen atoms in total. The molecule has 3 N–H and O–H groups in total. The number of nitrogens with one attached hydrogen (secondary N) is 2. The topological polar surface area (TPSA) is 95.5 Å². The van der Waals surface area contributed by atoms with Gasteiger partial charge in [-0.15, -0.1) is 0 Å². The number of aliphatic carboxylic acids is 1. The summed E-state index contributed by atoms with van der Waals surface area (Å²) >= 11 is 0. The van der Waals surface area contributed by atoms with Crippen molar-refractivity contribution in [3.05, 3.63) is 65.7 Å². The number of anilines is 1.